The number of fused-ring (bicyclic) bond motifs is 2. The maximum atomic E-state index is 13.4. The molecule has 0 aliphatic carbocycles. The maximum absolute atomic E-state index is 13.4. The summed E-state index contributed by atoms with van der Waals surface area (Å²) in [5.74, 6) is 0.0656. The fraction of sp³-hybridized carbons (Fsp3) is 0.107. The number of aromatic nitrogens is 1. The Hall–Kier alpha value is -4.36. The molecule has 0 amide bonds. The smallest absolute Gasteiger partial charge is 0.336 e. The van der Waals surface area contributed by atoms with Crippen LogP contribution in [0.2, 0.25) is 5.02 Å². The minimum absolute atomic E-state index is 0.0901. The molecule has 3 aromatic carbocycles. The van der Waals surface area contributed by atoms with E-state index in [1.54, 1.807) is 79.3 Å². The Labute approximate surface area is 210 Å². The highest BCUT2D eigenvalue weighted by molar-refractivity contribution is 6.30. The second-order valence-corrected chi connectivity index (χ2v) is 8.64. The number of halogens is 1. The Balaban J connectivity index is 1.52. The predicted octanol–water partition coefficient (Wildman–Crippen LogP) is 5.55. The average molecular weight is 502 g/mol. The summed E-state index contributed by atoms with van der Waals surface area (Å²) in [6.07, 6.45) is -0.0901. The number of benzene rings is 3. The fourth-order valence-corrected chi connectivity index (χ4v) is 4.34. The monoisotopic (exact) mass is 501 g/mol. The number of rotatable bonds is 5. The lowest BCUT2D eigenvalue weighted by Crippen LogP contribution is -2.15. The summed E-state index contributed by atoms with van der Waals surface area (Å²) in [5, 5.41) is 1.94. The summed E-state index contributed by atoms with van der Waals surface area (Å²) in [6.45, 7) is 1.79. The van der Waals surface area contributed by atoms with Gasteiger partial charge in [-0.15, -0.1) is 0 Å². The number of hydrogen-bond donors (Lipinski definition) is 0. The molecule has 0 saturated heterocycles. The van der Waals surface area contributed by atoms with Crippen molar-refractivity contribution in [2.45, 2.75) is 13.3 Å². The molecular weight excluding hydrogens is 482 g/mol. The Kier molecular flexibility index (Phi) is 6.08. The molecule has 0 aliphatic rings. The van der Waals surface area contributed by atoms with E-state index in [1.807, 2.05) is 0 Å². The molecule has 5 aromatic rings. The molecule has 2 aromatic heterocycles. The number of nitrogens with zero attached hydrogens (tertiary/aromatic N) is 1. The predicted molar refractivity (Wildman–Crippen MR) is 136 cm³/mol. The molecular formula is C28H20ClNO6. The van der Waals surface area contributed by atoms with Crippen LogP contribution in [-0.4, -0.2) is 23.6 Å². The lowest BCUT2D eigenvalue weighted by molar-refractivity contribution is -0.133. The molecule has 180 valence electrons. The summed E-state index contributed by atoms with van der Waals surface area (Å²) >= 11 is 5.99. The molecule has 0 aliphatic heterocycles. The zero-order chi connectivity index (χ0) is 25.4. The fourth-order valence-electron chi connectivity index (χ4n) is 4.21. The normalized spacial score (nSPS) is 11.1. The van der Waals surface area contributed by atoms with Crippen molar-refractivity contribution >= 4 is 45.3 Å². The molecule has 0 fully saturated rings. The number of carbonyl (C=O) groups is 2. The van der Waals surface area contributed by atoms with Crippen molar-refractivity contribution in [1.82, 2.24) is 4.57 Å². The van der Waals surface area contributed by atoms with E-state index in [4.69, 9.17) is 25.5 Å². The van der Waals surface area contributed by atoms with Gasteiger partial charge in [0.1, 0.15) is 17.1 Å². The van der Waals surface area contributed by atoms with Crippen LogP contribution in [0, 0.1) is 6.92 Å². The van der Waals surface area contributed by atoms with E-state index in [9.17, 15) is 14.4 Å². The van der Waals surface area contributed by atoms with Crippen LogP contribution in [0.1, 0.15) is 21.6 Å². The third kappa shape index (κ3) is 4.36. The van der Waals surface area contributed by atoms with Crippen molar-refractivity contribution < 1.29 is 23.5 Å². The van der Waals surface area contributed by atoms with Gasteiger partial charge in [-0.1, -0.05) is 11.6 Å². The summed E-state index contributed by atoms with van der Waals surface area (Å²) in [7, 11) is 1.55. The third-order valence-electron chi connectivity index (χ3n) is 5.98. The van der Waals surface area contributed by atoms with Crippen LogP contribution in [0.25, 0.3) is 21.9 Å². The Morgan fingerprint density at radius 1 is 0.944 bits per heavy atom. The lowest BCUT2D eigenvalue weighted by atomic mass is 10.1. The van der Waals surface area contributed by atoms with Crippen LogP contribution in [-0.2, 0) is 11.2 Å². The van der Waals surface area contributed by atoms with Crippen molar-refractivity contribution in [3.63, 3.8) is 0 Å². The first-order valence-corrected chi connectivity index (χ1v) is 11.4. The van der Waals surface area contributed by atoms with E-state index in [1.165, 1.54) is 12.1 Å². The highest BCUT2D eigenvalue weighted by atomic mass is 35.5. The maximum Gasteiger partial charge on any atom is 0.336 e. The number of carbonyl (C=O) groups excluding carboxylic acids is 2. The van der Waals surface area contributed by atoms with Gasteiger partial charge in [0.05, 0.1) is 19.0 Å². The van der Waals surface area contributed by atoms with Crippen LogP contribution in [0.5, 0.6) is 11.5 Å². The van der Waals surface area contributed by atoms with E-state index in [0.717, 1.165) is 0 Å². The van der Waals surface area contributed by atoms with Gasteiger partial charge in [0.2, 0.25) is 0 Å². The summed E-state index contributed by atoms with van der Waals surface area (Å²) in [4.78, 5) is 37.9. The number of hydrogen-bond acceptors (Lipinski definition) is 6. The van der Waals surface area contributed by atoms with Gasteiger partial charge in [-0.05, 0) is 73.2 Å². The molecule has 7 nitrogen and oxygen atoms in total. The first kappa shape index (κ1) is 23.4. The zero-order valence-corrected chi connectivity index (χ0v) is 20.2. The molecule has 0 bridgehead atoms. The number of ether oxygens (including phenoxy) is 2. The molecule has 0 unspecified atom stereocenters. The second kappa shape index (κ2) is 9.36. The Morgan fingerprint density at radius 2 is 1.67 bits per heavy atom. The minimum Gasteiger partial charge on any atom is -0.497 e. The summed E-state index contributed by atoms with van der Waals surface area (Å²) < 4.78 is 17.7. The van der Waals surface area contributed by atoms with Crippen molar-refractivity contribution in [3.8, 4) is 11.5 Å². The molecule has 5 rings (SSSR count). The average Bonchev–Trinajstić information content (AvgIpc) is 3.14. The molecule has 8 heteroatoms. The molecule has 36 heavy (non-hydrogen) atoms. The third-order valence-corrected chi connectivity index (χ3v) is 6.24. The van der Waals surface area contributed by atoms with E-state index in [-0.39, 0.29) is 18.1 Å². The van der Waals surface area contributed by atoms with Crippen LogP contribution >= 0.6 is 11.6 Å². The van der Waals surface area contributed by atoms with Crippen molar-refractivity contribution in [2.24, 2.45) is 0 Å². The van der Waals surface area contributed by atoms with Gasteiger partial charge in [-0.3, -0.25) is 14.2 Å². The molecule has 0 saturated carbocycles. The van der Waals surface area contributed by atoms with Crippen molar-refractivity contribution in [3.05, 3.63) is 105 Å². The van der Waals surface area contributed by atoms with Gasteiger partial charge in [0.25, 0.3) is 5.91 Å². The quantitative estimate of drug-likeness (QED) is 0.178. The Morgan fingerprint density at radius 3 is 2.42 bits per heavy atom. The van der Waals surface area contributed by atoms with E-state index < -0.39 is 11.6 Å². The summed E-state index contributed by atoms with van der Waals surface area (Å²) in [6, 6.07) is 19.8. The first-order valence-electron chi connectivity index (χ1n) is 11.1. The first-order chi connectivity index (χ1) is 17.3. The largest absolute Gasteiger partial charge is 0.497 e. The van der Waals surface area contributed by atoms with Gasteiger partial charge < -0.3 is 13.9 Å². The van der Waals surface area contributed by atoms with Crippen LogP contribution in [0.4, 0.5) is 0 Å². The van der Waals surface area contributed by atoms with Gasteiger partial charge in [-0.2, -0.15) is 0 Å². The minimum atomic E-state index is -0.531. The van der Waals surface area contributed by atoms with E-state index >= 15 is 0 Å². The van der Waals surface area contributed by atoms with Gasteiger partial charge in [0, 0.05) is 39.2 Å². The van der Waals surface area contributed by atoms with Crippen LogP contribution < -0.4 is 15.1 Å². The summed E-state index contributed by atoms with van der Waals surface area (Å²) in [5.41, 5.74) is 2.18. The van der Waals surface area contributed by atoms with Crippen molar-refractivity contribution in [2.75, 3.05) is 7.11 Å². The molecule has 0 N–H and O–H groups in total. The molecule has 2 heterocycles. The van der Waals surface area contributed by atoms with Crippen molar-refractivity contribution in [1.29, 1.82) is 0 Å². The van der Waals surface area contributed by atoms with Gasteiger partial charge in [-0.25, -0.2) is 4.79 Å². The van der Waals surface area contributed by atoms with E-state index in [0.29, 0.717) is 49.5 Å². The highest BCUT2D eigenvalue weighted by Gasteiger charge is 2.23. The number of methoxy groups -OCH3 is 1. The van der Waals surface area contributed by atoms with Crippen LogP contribution in [0.3, 0.4) is 0 Å². The van der Waals surface area contributed by atoms with Crippen LogP contribution in [0.15, 0.2) is 82.0 Å². The molecule has 0 spiro atoms. The number of esters is 1. The SMILES string of the molecule is COc1ccc2c(c1)c(CC(=O)Oc1ccc3ccc(=O)oc3c1)c(C)n2C(=O)c1ccc(Cl)cc1. The second-order valence-electron chi connectivity index (χ2n) is 8.20. The zero-order valence-electron chi connectivity index (χ0n) is 19.4. The molecule has 0 radical (unpaired) electrons. The van der Waals surface area contributed by atoms with Gasteiger partial charge >= 0.3 is 11.6 Å². The van der Waals surface area contributed by atoms with E-state index in [2.05, 4.69) is 0 Å². The standard InChI is InChI=1S/C28H20ClNO6/c1-16-22(15-27(32)35-21-9-5-17-6-12-26(31)36-25(17)14-21)23-13-20(34-2)10-11-24(23)30(16)28(33)18-3-7-19(29)8-4-18/h3-14H,15H2,1-2H3. The molecule has 0 atom stereocenters. The lowest BCUT2D eigenvalue weighted by Gasteiger charge is -2.08. The van der Waals surface area contributed by atoms with Gasteiger partial charge in [0.15, 0.2) is 0 Å². The Bertz CT molecular complexity index is 1700. The highest BCUT2D eigenvalue weighted by Crippen LogP contribution is 2.31. The topological polar surface area (TPSA) is 87.7 Å².